The molecule has 4 heteroatoms. The van der Waals surface area contributed by atoms with Crippen molar-refractivity contribution >= 4 is 11.4 Å². The summed E-state index contributed by atoms with van der Waals surface area (Å²) in [7, 11) is 0. The first-order valence-corrected chi connectivity index (χ1v) is 7.83. The summed E-state index contributed by atoms with van der Waals surface area (Å²) in [6.07, 6.45) is 0.139. The Balaban J connectivity index is 2.07. The van der Waals surface area contributed by atoms with Gasteiger partial charge >= 0.3 is 0 Å². The Hall–Kier alpha value is -1.42. The first-order chi connectivity index (χ1) is 9.77. The van der Waals surface area contributed by atoms with Crippen LogP contribution in [-0.2, 0) is 0 Å². The second-order valence-electron chi connectivity index (χ2n) is 7.03. The number of ether oxygens (including phenoxy) is 1. The molecule has 0 saturated carbocycles. The van der Waals surface area contributed by atoms with Gasteiger partial charge in [0.05, 0.1) is 11.8 Å². The van der Waals surface area contributed by atoms with Gasteiger partial charge in [0, 0.05) is 43.5 Å². The Morgan fingerprint density at radius 3 is 2.24 bits per heavy atom. The highest BCUT2D eigenvalue weighted by Gasteiger charge is 2.26. The molecule has 1 heterocycles. The number of rotatable bonds is 3. The molecule has 0 bridgehead atoms. The third-order valence-electron chi connectivity index (χ3n) is 3.95. The van der Waals surface area contributed by atoms with Gasteiger partial charge in [-0.1, -0.05) is 0 Å². The van der Waals surface area contributed by atoms with Crippen LogP contribution < -0.4 is 15.4 Å². The van der Waals surface area contributed by atoms with E-state index in [9.17, 15) is 0 Å². The molecule has 0 atom stereocenters. The Morgan fingerprint density at radius 1 is 1.10 bits per heavy atom. The maximum Gasteiger partial charge on any atom is 0.144 e. The zero-order chi connectivity index (χ0) is 15.6. The topological polar surface area (TPSA) is 41.7 Å². The van der Waals surface area contributed by atoms with E-state index in [0.29, 0.717) is 5.69 Å². The van der Waals surface area contributed by atoms with Crippen LogP contribution in [0.25, 0.3) is 0 Å². The van der Waals surface area contributed by atoms with Gasteiger partial charge in [-0.15, -0.1) is 0 Å². The van der Waals surface area contributed by atoms with Gasteiger partial charge in [0.1, 0.15) is 5.75 Å². The van der Waals surface area contributed by atoms with E-state index in [1.807, 2.05) is 19.9 Å². The summed E-state index contributed by atoms with van der Waals surface area (Å²) in [6, 6.07) is 6.11. The lowest BCUT2D eigenvalue weighted by molar-refractivity contribution is 0.128. The molecule has 1 aliphatic heterocycles. The van der Waals surface area contributed by atoms with Crippen molar-refractivity contribution in [3.05, 3.63) is 18.2 Å². The molecule has 0 unspecified atom stereocenters. The van der Waals surface area contributed by atoms with Gasteiger partial charge in [0.25, 0.3) is 0 Å². The molecule has 0 aromatic heterocycles. The minimum Gasteiger partial charge on any atom is -0.489 e. The van der Waals surface area contributed by atoms with Crippen LogP contribution in [-0.4, -0.2) is 42.7 Å². The van der Waals surface area contributed by atoms with Crippen molar-refractivity contribution in [2.45, 2.75) is 46.3 Å². The van der Waals surface area contributed by atoms with Crippen molar-refractivity contribution in [3.63, 3.8) is 0 Å². The van der Waals surface area contributed by atoms with Crippen molar-refractivity contribution in [2.24, 2.45) is 0 Å². The maximum absolute atomic E-state index is 5.99. The number of nitrogens with zero attached hydrogens (tertiary/aromatic N) is 2. The Bertz CT molecular complexity index is 471. The largest absolute Gasteiger partial charge is 0.489 e. The third-order valence-corrected chi connectivity index (χ3v) is 3.95. The Kier molecular flexibility index (Phi) is 4.67. The average molecular weight is 291 g/mol. The SMILES string of the molecule is CC(C)Oc1cc(N2CCN(C(C)(C)C)CC2)ccc1N. The molecular formula is C17H29N3O. The summed E-state index contributed by atoms with van der Waals surface area (Å²) in [6.45, 7) is 15.1. The summed E-state index contributed by atoms with van der Waals surface area (Å²) in [4.78, 5) is 4.95. The number of hydrogen-bond acceptors (Lipinski definition) is 4. The van der Waals surface area contributed by atoms with Crippen LogP contribution >= 0.6 is 0 Å². The van der Waals surface area contributed by atoms with E-state index in [0.717, 1.165) is 31.9 Å². The van der Waals surface area contributed by atoms with E-state index < -0.39 is 0 Å². The number of nitrogens with two attached hydrogens (primary N) is 1. The standard InChI is InChI=1S/C17H29N3O/c1-13(2)21-16-12-14(6-7-15(16)18)19-8-10-20(11-9-19)17(3,4)5/h6-7,12-13H,8-11,18H2,1-5H3. The Morgan fingerprint density at radius 2 is 1.71 bits per heavy atom. The molecular weight excluding hydrogens is 262 g/mol. The number of nitrogen functional groups attached to an aromatic ring is 1. The second kappa shape index (κ2) is 6.14. The summed E-state index contributed by atoms with van der Waals surface area (Å²) in [5.41, 5.74) is 8.16. The van der Waals surface area contributed by atoms with Crippen molar-refractivity contribution < 1.29 is 4.74 Å². The van der Waals surface area contributed by atoms with Gasteiger partial charge in [-0.25, -0.2) is 0 Å². The molecule has 0 amide bonds. The fourth-order valence-corrected chi connectivity index (χ4v) is 2.71. The summed E-state index contributed by atoms with van der Waals surface area (Å²) >= 11 is 0. The van der Waals surface area contributed by atoms with Gasteiger partial charge in [0.15, 0.2) is 0 Å². The quantitative estimate of drug-likeness (QED) is 0.869. The normalized spacial score (nSPS) is 17.3. The molecule has 1 saturated heterocycles. The van der Waals surface area contributed by atoms with E-state index >= 15 is 0 Å². The van der Waals surface area contributed by atoms with Crippen LogP contribution in [0, 0.1) is 0 Å². The monoisotopic (exact) mass is 291 g/mol. The van der Waals surface area contributed by atoms with E-state index in [1.54, 1.807) is 0 Å². The van der Waals surface area contributed by atoms with E-state index in [2.05, 4.69) is 42.7 Å². The predicted octanol–water partition coefficient (Wildman–Crippen LogP) is 2.98. The summed E-state index contributed by atoms with van der Waals surface area (Å²) in [5.74, 6) is 0.792. The first-order valence-electron chi connectivity index (χ1n) is 7.83. The average Bonchev–Trinajstić information content (AvgIpc) is 2.40. The number of hydrogen-bond donors (Lipinski definition) is 1. The number of anilines is 2. The Labute approximate surface area is 128 Å². The fraction of sp³-hybridized carbons (Fsp3) is 0.647. The minimum atomic E-state index is 0.139. The van der Waals surface area contributed by atoms with Crippen LogP contribution in [0.15, 0.2) is 18.2 Å². The van der Waals surface area contributed by atoms with Gasteiger partial charge in [-0.05, 0) is 46.8 Å². The van der Waals surface area contributed by atoms with Crippen LogP contribution in [0.2, 0.25) is 0 Å². The van der Waals surface area contributed by atoms with Crippen LogP contribution in [0.3, 0.4) is 0 Å². The molecule has 118 valence electrons. The highest BCUT2D eigenvalue weighted by molar-refractivity contribution is 5.62. The van der Waals surface area contributed by atoms with E-state index in [4.69, 9.17) is 10.5 Å². The van der Waals surface area contributed by atoms with Gasteiger partial charge in [-0.3, -0.25) is 4.90 Å². The highest BCUT2D eigenvalue weighted by Crippen LogP contribution is 2.29. The predicted molar refractivity (Wildman–Crippen MR) is 90.2 cm³/mol. The van der Waals surface area contributed by atoms with Gasteiger partial charge in [-0.2, -0.15) is 0 Å². The van der Waals surface area contributed by atoms with Crippen molar-refractivity contribution in [1.82, 2.24) is 4.90 Å². The minimum absolute atomic E-state index is 0.139. The van der Waals surface area contributed by atoms with Crippen molar-refractivity contribution in [2.75, 3.05) is 36.8 Å². The van der Waals surface area contributed by atoms with Crippen LogP contribution in [0.1, 0.15) is 34.6 Å². The molecule has 1 aromatic rings. The molecule has 21 heavy (non-hydrogen) atoms. The molecule has 0 spiro atoms. The lowest BCUT2D eigenvalue weighted by Gasteiger charge is -2.43. The molecule has 2 rings (SSSR count). The molecule has 1 aliphatic rings. The lowest BCUT2D eigenvalue weighted by Crippen LogP contribution is -2.53. The van der Waals surface area contributed by atoms with Crippen molar-refractivity contribution in [3.8, 4) is 5.75 Å². The highest BCUT2D eigenvalue weighted by atomic mass is 16.5. The van der Waals surface area contributed by atoms with E-state index in [1.165, 1.54) is 5.69 Å². The lowest BCUT2D eigenvalue weighted by atomic mass is 10.0. The molecule has 1 aromatic carbocycles. The molecule has 2 N–H and O–H groups in total. The molecule has 0 radical (unpaired) electrons. The number of benzene rings is 1. The molecule has 0 aliphatic carbocycles. The first kappa shape index (κ1) is 16.0. The smallest absolute Gasteiger partial charge is 0.144 e. The fourth-order valence-electron chi connectivity index (χ4n) is 2.71. The maximum atomic E-state index is 5.99. The summed E-state index contributed by atoms with van der Waals surface area (Å²) < 4.78 is 5.79. The zero-order valence-electron chi connectivity index (χ0n) is 14.0. The van der Waals surface area contributed by atoms with Crippen molar-refractivity contribution in [1.29, 1.82) is 0 Å². The third kappa shape index (κ3) is 4.03. The molecule has 4 nitrogen and oxygen atoms in total. The van der Waals surface area contributed by atoms with Gasteiger partial charge in [0.2, 0.25) is 0 Å². The van der Waals surface area contributed by atoms with Crippen LogP contribution in [0.4, 0.5) is 11.4 Å². The second-order valence-corrected chi connectivity index (χ2v) is 7.03. The van der Waals surface area contributed by atoms with E-state index in [-0.39, 0.29) is 11.6 Å². The van der Waals surface area contributed by atoms with Gasteiger partial charge < -0.3 is 15.4 Å². The zero-order valence-corrected chi connectivity index (χ0v) is 14.0. The number of piperazine rings is 1. The van der Waals surface area contributed by atoms with Crippen LogP contribution in [0.5, 0.6) is 5.75 Å². The summed E-state index contributed by atoms with van der Waals surface area (Å²) in [5, 5.41) is 0. The molecule has 1 fully saturated rings.